The molecule has 0 N–H and O–H groups in total. The highest BCUT2D eigenvalue weighted by atomic mass is 79.9. The molecule has 3 rings (SSSR count). The minimum absolute atomic E-state index is 0.554. The quantitative estimate of drug-likeness (QED) is 0.658. The number of hydrogen-bond acceptors (Lipinski definition) is 1. The zero-order valence-electron chi connectivity index (χ0n) is 11.0. The summed E-state index contributed by atoms with van der Waals surface area (Å²) in [6.07, 6.45) is 2.04. The molecule has 0 aliphatic rings. The van der Waals surface area contributed by atoms with Crippen molar-refractivity contribution in [2.45, 2.75) is 19.8 Å². The molecule has 1 aromatic carbocycles. The zero-order valence-corrected chi connectivity index (χ0v) is 12.6. The van der Waals surface area contributed by atoms with Gasteiger partial charge in [0.1, 0.15) is 10.4 Å². The molecule has 2 aromatic heterocycles. The van der Waals surface area contributed by atoms with Gasteiger partial charge in [-0.2, -0.15) is 0 Å². The Labute approximate surface area is 121 Å². The number of nitrogens with zero attached hydrogens (tertiary/aromatic N) is 2. The Balaban J connectivity index is 2.14. The summed E-state index contributed by atoms with van der Waals surface area (Å²) in [5, 5.41) is 0. The Kier molecular flexibility index (Phi) is 3.15. The van der Waals surface area contributed by atoms with Crippen LogP contribution in [0.2, 0.25) is 0 Å². The predicted molar refractivity (Wildman–Crippen MR) is 82.4 cm³/mol. The van der Waals surface area contributed by atoms with E-state index in [2.05, 4.69) is 69.5 Å². The van der Waals surface area contributed by atoms with Gasteiger partial charge in [0, 0.05) is 11.8 Å². The molecule has 0 radical (unpaired) electrons. The molecule has 0 saturated heterocycles. The van der Waals surface area contributed by atoms with E-state index < -0.39 is 0 Å². The molecule has 2 nitrogen and oxygen atoms in total. The average molecular weight is 315 g/mol. The SMILES string of the molecule is CC(C)c1ccc(-c2nc(Br)c3ccccn23)cc1. The molecule has 0 amide bonds. The van der Waals surface area contributed by atoms with Crippen LogP contribution in [0, 0.1) is 0 Å². The van der Waals surface area contributed by atoms with E-state index in [4.69, 9.17) is 0 Å². The fourth-order valence-electron chi connectivity index (χ4n) is 2.22. The maximum Gasteiger partial charge on any atom is 0.145 e. The molecule has 0 atom stereocenters. The van der Waals surface area contributed by atoms with Gasteiger partial charge in [0.15, 0.2) is 0 Å². The number of imidazole rings is 1. The van der Waals surface area contributed by atoms with Gasteiger partial charge in [0.2, 0.25) is 0 Å². The lowest BCUT2D eigenvalue weighted by Crippen LogP contribution is -1.90. The lowest BCUT2D eigenvalue weighted by Gasteiger charge is -2.06. The van der Waals surface area contributed by atoms with Gasteiger partial charge in [-0.25, -0.2) is 4.98 Å². The van der Waals surface area contributed by atoms with E-state index in [0.717, 1.165) is 21.5 Å². The lowest BCUT2D eigenvalue weighted by molar-refractivity contribution is 0.867. The minimum Gasteiger partial charge on any atom is -0.299 e. The van der Waals surface area contributed by atoms with Crippen molar-refractivity contribution in [1.82, 2.24) is 9.38 Å². The first-order valence-electron chi connectivity index (χ1n) is 6.40. The van der Waals surface area contributed by atoms with Gasteiger partial charge in [-0.3, -0.25) is 4.40 Å². The normalized spacial score (nSPS) is 11.4. The number of pyridine rings is 1. The van der Waals surface area contributed by atoms with Crippen LogP contribution in [0.25, 0.3) is 16.9 Å². The Morgan fingerprint density at radius 3 is 2.47 bits per heavy atom. The van der Waals surface area contributed by atoms with Gasteiger partial charge < -0.3 is 0 Å². The maximum absolute atomic E-state index is 4.61. The van der Waals surface area contributed by atoms with Gasteiger partial charge in [-0.15, -0.1) is 0 Å². The summed E-state index contributed by atoms with van der Waals surface area (Å²) in [6, 6.07) is 14.7. The summed E-state index contributed by atoms with van der Waals surface area (Å²) in [4.78, 5) is 4.61. The third kappa shape index (κ3) is 2.19. The van der Waals surface area contributed by atoms with Crippen LogP contribution in [0.1, 0.15) is 25.3 Å². The van der Waals surface area contributed by atoms with E-state index in [9.17, 15) is 0 Å². The number of rotatable bonds is 2. The Morgan fingerprint density at radius 1 is 1.05 bits per heavy atom. The van der Waals surface area contributed by atoms with Crippen molar-refractivity contribution in [3.05, 3.63) is 58.8 Å². The fourth-order valence-corrected chi connectivity index (χ4v) is 2.71. The highest BCUT2D eigenvalue weighted by Gasteiger charge is 2.10. The molecule has 0 aliphatic heterocycles. The number of halogens is 1. The number of aromatic nitrogens is 2. The van der Waals surface area contributed by atoms with Crippen molar-refractivity contribution in [2.24, 2.45) is 0 Å². The van der Waals surface area contributed by atoms with Crippen molar-refractivity contribution >= 4 is 21.4 Å². The smallest absolute Gasteiger partial charge is 0.145 e. The predicted octanol–water partition coefficient (Wildman–Crippen LogP) is 4.89. The standard InChI is InChI=1S/C16H15BrN2/c1-11(2)12-6-8-13(9-7-12)16-18-15(17)14-5-3-4-10-19(14)16/h3-11H,1-2H3. The summed E-state index contributed by atoms with van der Waals surface area (Å²) in [6.45, 7) is 4.41. The first-order chi connectivity index (χ1) is 9.16. The van der Waals surface area contributed by atoms with Crippen LogP contribution in [0.15, 0.2) is 53.3 Å². The second-order valence-electron chi connectivity index (χ2n) is 4.96. The zero-order chi connectivity index (χ0) is 13.4. The summed E-state index contributed by atoms with van der Waals surface area (Å²) < 4.78 is 2.99. The van der Waals surface area contributed by atoms with Crippen LogP contribution in [-0.4, -0.2) is 9.38 Å². The van der Waals surface area contributed by atoms with Crippen LogP contribution < -0.4 is 0 Å². The van der Waals surface area contributed by atoms with Crippen LogP contribution in [0.5, 0.6) is 0 Å². The topological polar surface area (TPSA) is 17.3 Å². The molecular formula is C16H15BrN2. The van der Waals surface area contributed by atoms with Crippen molar-refractivity contribution in [3.63, 3.8) is 0 Å². The number of benzene rings is 1. The summed E-state index contributed by atoms with van der Waals surface area (Å²) >= 11 is 3.52. The molecule has 0 fully saturated rings. The van der Waals surface area contributed by atoms with E-state index in [1.807, 2.05) is 18.3 Å². The molecule has 0 aliphatic carbocycles. The number of fused-ring (bicyclic) bond motifs is 1. The Hall–Kier alpha value is -1.61. The first kappa shape index (κ1) is 12.4. The molecule has 3 heteroatoms. The molecule has 2 heterocycles. The van der Waals surface area contributed by atoms with E-state index in [1.165, 1.54) is 5.56 Å². The highest BCUT2D eigenvalue weighted by molar-refractivity contribution is 9.10. The van der Waals surface area contributed by atoms with Crippen molar-refractivity contribution in [2.75, 3.05) is 0 Å². The molecule has 19 heavy (non-hydrogen) atoms. The molecule has 96 valence electrons. The van der Waals surface area contributed by atoms with E-state index >= 15 is 0 Å². The third-order valence-electron chi connectivity index (χ3n) is 3.34. The van der Waals surface area contributed by atoms with Crippen molar-refractivity contribution in [1.29, 1.82) is 0 Å². The van der Waals surface area contributed by atoms with Crippen molar-refractivity contribution < 1.29 is 0 Å². The Morgan fingerprint density at radius 2 is 1.79 bits per heavy atom. The van der Waals surface area contributed by atoms with Gasteiger partial charge in [-0.05, 0) is 39.5 Å². The average Bonchev–Trinajstić information content (AvgIpc) is 2.77. The Bertz CT molecular complexity index is 711. The summed E-state index contributed by atoms with van der Waals surface area (Å²) in [7, 11) is 0. The second kappa shape index (κ2) is 4.82. The van der Waals surface area contributed by atoms with Gasteiger partial charge in [-0.1, -0.05) is 44.2 Å². The maximum atomic E-state index is 4.61. The van der Waals surface area contributed by atoms with Gasteiger partial charge in [0.05, 0.1) is 5.52 Å². The molecule has 0 unspecified atom stereocenters. The number of hydrogen-bond donors (Lipinski definition) is 0. The van der Waals surface area contributed by atoms with E-state index in [1.54, 1.807) is 0 Å². The highest BCUT2D eigenvalue weighted by Crippen LogP contribution is 2.27. The van der Waals surface area contributed by atoms with E-state index in [-0.39, 0.29) is 0 Å². The van der Waals surface area contributed by atoms with Crippen LogP contribution in [0.4, 0.5) is 0 Å². The van der Waals surface area contributed by atoms with Crippen LogP contribution in [-0.2, 0) is 0 Å². The summed E-state index contributed by atoms with van der Waals surface area (Å²) in [5.41, 5.74) is 3.57. The molecular weight excluding hydrogens is 300 g/mol. The monoisotopic (exact) mass is 314 g/mol. The van der Waals surface area contributed by atoms with Crippen LogP contribution >= 0.6 is 15.9 Å². The summed E-state index contributed by atoms with van der Waals surface area (Å²) in [5.74, 6) is 1.52. The minimum atomic E-state index is 0.554. The first-order valence-corrected chi connectivity index (χ1v) is 7.19. The molecule has 0 spiro atoms. The third-order valence-corrected chi connectivity index (χ3v) is 3.92. The van der Waals surface area contributed by atoms with Crippen LogP contribution in [0.3, 0.4) is 0 Å². The van der Waals surface area contributed by atoms with E-state index in [0.29, 0.717) is 5.92 Å². The molecule has 0 bridgehead atoms. The van der Waals surface area contributed by atoms with Gasteiger partial charge >= 0.3 is 0 Å². The largest absolute Gasteiger partial charge is 0.299 e. The molecule has 3 aromatic rings. The van der Waals surface area contributed by atoms with Gasteiger partial charge in [0.25, 0.3) is 0 Å². The molecule has 0 saturated carbocycles. The fraction of sp³-hybridized carbons (Fsp3) is 0.188. The second-order valence-corrected chi connectivity index (χ2v) is 5.71. The van der Waals surface area contributed by atoms with Crippen molar-refractivity contribution in [3.8, 4) is 11.4 Å². The lowest BCUT2D eigenvalue weighted by atomic mass is 10.0.